The van der Waals surface area contributed by atoms with E-state index in [1.165, 1.54) is 7.11 Å². The van der Waals surface area contributed by atoms with Crippen molar-refractivity contribution in [2.45, 2.75) is 19.1 Å². The predicted molar refractivity (Wildman–Crippen MR) is 56.0 cm³/mol. The van der Waals surface area contributed by atoms with Crippen LogP contribution in [0.1, 0.15) is 30.2 Å². The maximum atomic E-state index is 9.95. The van der Waals surface area contributed by atoms with E-state index in [9.17, 15) is 10.2 Å². The molecule has 0 unspecified atom stereocenters. The standard InChI is InChI=1S/C11H15NO3/c1-6-10-7(8(13)5-12-6)3-4-9(15-2)11(10)14/h3-4,6,8,12-14H,5H2,1-2H3/t6-,8+/m0/s1. The summed E-state index contributed by atoms with van der Waals surface area (Å²) in [6, 6.07) is 3.50. The van der Waals surface area contributed by atoms with E-state index >= 15 is 0 Å². The first-order valence-electron chi connectivity index (χ1n) is 4.96. The van der Waals surface area contributed by atoms with Crippen molar-refractivity contribution < 1.29 is 14.9 Å². The summed E-state index contributed by atoms with van der Waals surface area (Å²) in [6.07, 6.45) is -0.562. The molecule has 4 nitrogen and oxygen atoms in total. The molecule has 4 heteroatoms. The van der Waals surface area contributed by atoms with Gasteiger partial charge in [-0.2, -0.15) is 0 Å². The van der Waals surface area contributed by atoms with Gasteiger partial charge in [0.25, 0.3) is 0 Å². The molecule has 2 rings (SSSR count). The number of benzene rings is 1. The zero-order valence-corrected chi connectivity index (χ0v) is 8.82. The smallest absolute Gasteiger partial charge is 0.162 e. The Hall–Kier alpha value is -1.26. The van der Waals surface area contributed by atoms with Gasteiger partial charge in [-0.05, 0) is 18.6 Å². The molecule has 0 saturated heterocycles. The number of hydrogen-bond acceptors (Lipinski definition) is 4. The van der Waals surface area contributed by atoms with Crippen molar-refractivity contribution in [2.24, 2.45) is 0 Å². The lowest BCUT2D eigenvalue weighted by Crippen LogP contribution is -2.31. The molecule has 0 saturated carbocycles. The molecule has 82 valence electrons. The molecule has 0 radical (unpaired) electrons. The van der Waals surface area contributed by atoms with Gasteiger partial charge in [0, 0.05) is 18.2 Å². The summed E-state index contributed by atoms with van der Waals surface area (Å²) in [5.74, 6) is 0.560. The van der Waals surface area contributed by atoms with Crippen LogP contribution in [0.4, 0.5) is 0 Å². The number of aromatic hydroxyl groups is 1. The Morgan fingerprint density at radius 3 is 2.87 bits per heavy atom. The molecule has 1 aliphatic heterocycles. The summed E-state index contributed by atoms with van der Waals surface area (Å²) in [5, 5.41) is 22.8. The average Bonchev–Trinajstić information content (AvgIpc) is 2.23. The molecule has 0 amide bonds. The van der Waals surface area contributed by atoms with Gasteiger partial charge in [-0.15, -0.1) is 0 Å². The second-order valence-electron chi connectivity index (χ2n) is 3.77. The van der Waals surface area contributed by atoms with E-state index in [1.54, 1.807) is 12.1 Å². The zero-order chi connectivity index (χ0) is 11.0. The number of β-amino-alcohol motifs (C(OH)–C–C–N with tert-alkyl or cyclic N) is 1. The number of nitrogens with one attached hydrogen (secondary N) is 1. The lowest BCUT2D eigenvalue weighted by atomic mass is 9.92. The minimum atomic E-state index is -0.562. The summed E-state index contributed by atoms with van der Waals surface area (Å²) in [7, 11) is 1.51. The molecule has 3 N–H and O–H groups in total. The number of aliphatic hydroxyl groups is 1. The molecule has 0 aromatic heterocycles. The van der Waals surface area contributed by atoms with Gasteiger partial charge in [0.2, 0.25) is 0 Å². The van der Waals surface area contributed by atoms with E-state index in [-0.39, 0.29) is 11.8 Å². The molecule has 1 aliphatic rings. The van der Waals surface area contributed by atoms with E-state index in [0.717, 1.165) is 11.1 Å². The molecule has 2 atom stereocenters. The zero-order valence-electron chi connectivity index (χ0n) is 8.82. The minimum Gasteiger partial charge on any atom is -0.504 e. The normalized spacial score (nSPS) is 24.7. The molecular weight excluding hydrogens is 194 g/mol. The number of hydrogen-bond donors (Lipinski definition) is 3. The van der Waals surface area contributed by atoms with Crippen LogP contribution in [0.25, 0.3) is 0 Å². The van der Waals surface area contributed by atoms with Gasteiger partial charge < -0.3 is 20.3 Å². The van der Waals surface area contributed by atoms with Gasteiger partial charge >= 0.3 is 0 Å². The van der Waals surface area contributed by atoms with Crippen LogP contribution in [0.3, 0.4) is 0 Å². The van der Waals surface area contributed by atoms with E-state index in [0.29, 0.717) is 12.3 Å². The first-order chi connectivity index (χ1) is 7.15. The first-order valence-corrected chi connectivity index (χ1v) is 4.96. The number of fused-ring (bicyclic) bond motifs is 1. The number of methoxy groups -OCH3 is 1. The third-order valence-electron chi connectivity index (χ3n) is 2.84. The molecule has 1 aromatic rings. The largest absolute Gasteiger partial charge is 0.504 e. The highest BCUT2D eigenvalue weighted by Gasteiger charge is 2.27. The summed E-state index contributed by atoms with van der Waals surface area (Å²) in [6.45, 7) is 2.46. The summed E-state index contributed by atoms with van der Waals surface area (Å²) in [4.78, 5) is 0. The van der Waals surface area contributed by atoms with E-state index in [4.69, 9.17) is 4.74 Å². The highest BCUT2D eigenvalue weighted by molar-refractivity contribution is 5.52. The van der Waals surface area contributed by atoms with Crippen LogP contribution >= 0.6 is 0 Å². The fraction of sp³-hybridized carbons (Fsp3) is 0.455. The molecule has 1 heterocycles. The number of phenols is 1. The highest BCUT2D eigenvalue weighted by atomic mass is 16.5. The Bertz CT molecular complexity index is 378. The summed E-state index contributed by atoms with van der Waals surface area (Å²) >= 11 is 0. The average molecular weight is 209 g/mol. The molecule has 0 fully saturated rings. The third-order valence-corrected chi connectivity index (χ3v) is 2.84. The van der Waals surface area contributed by atoms with Gasteiger partial charge in [0.1, 0.15) is 0 Å². The van der Waals surface area contributed by atoms with Crippen molar-refractivity contribution in [3.8, 4) is 11.5 Å². The maximum Gasteiger partial charge on any atom is 0.162 e. The Kier molecular flexibility index (Phi) is 2.54. The molecule has 0 bridgehead atoms. The summed E-state index contributed by atoms with van der Waals surface area (Å²) in [5.41, 5.74) is 1.51. The van der Waals surface area contributed by atoms with Gasteiger partial charge in [0.05, 0.1) is 13.2 Å². The van der Waals surface area contributed by atoms with E-state index in [2.05, 4.69) is 5.32 Å². The predicted octanol–water partition coefficient (Wildman–Crippen LogP) is 1.10. The second kappa shape index (κ2) is 3.72. The fourth-order valence-electron chi connectivity index (χ4n) is 2.01. The number of ether oxygens (including phenoxy) is 1. The van der Waals surface area contributed by atoms with Gasteiger partial charge in [0.15, 0.2) is 11.5 Å². The van der Waals surface area contributed by atoms with Crippen LogP contribution in [-0.2, 0) is 0 Å². The second-order valence-corrected chi connectivity index (χ2v) is 3.77. The number of aliphatic hydroxyl groups excluding tert-OH is 1. The monoisotopic (exact) mass is 209 g/mol. The van der Waals surface area contributed by atoms with Crippen LogP contribution < -0.4 is 10.1 Å². The lowest BCUT2D eigenvalue weighted by Gasteiger charge is -2.29. The van der Waals surface area contributed by atoms with E-state index in [1.807, 2.05) is 6.92 Å². The van der Waals surface area contributed by atoms with Crippen LogP contribution in [0, 0.1) is 0 Å². The first kappa shape index (κ1) is 10.3. The number of rotatable bonds is 1. The van der Waals surface area contributed by atoms with Gasteiger partial charge in [-0.1, -0.05) is 6.07 Å². The Balaban J connectivity index is 2.58. The molecule has 1 aromatic carbocycles. The van der Waals surface area contributed by atoms with Crippen molar-refractivity contribution in [1.82, 2.24) is 5.32 Å². The van der Waals surface area contributed by atoms with Crippen molar-refractivity contribution in [3.63, 3.8) is 0 Å². The SMILES string of the molecule is COc1ccc2c(c1O)[C@H](C)NC[C@H]2O. The molecule has 0 spiro atoms. The van der Waals surface area contributed by atoms with Gasteiger partial charge in [-0.25, -0.2) is 0 Å². The number of phenolic OH excluding ortho intramolecular Hbond substituents is 1. The molecule has 0 aliphatic carbocycles. The van der Waals surface area contributed by atoms with Gasteiger partial charge in [-0.3, -0.25) is 0 Å². The van der Waals surface area contributed by atoms with Crippen LogP contribution in [0.2, 0.25) is 0 Å². The van der Waals surface area contributed by atoms with E-state index < -0.39 is 6.10 Å². The van der Waals surface area contributed by atoms with Crippen LogP contribution in [0.15, 0.2) is 12.1 Å². The Morgan fingerprint density at radius 1 is 1.47 bits per heavy atom. The van der Waals surface area contributed by atoms with Crippen molar-refractivity contribution in [1.29, 1.82) is 0 Å². The topological polar surface area (TPSA) is 61.7 Å². The van der Waals surface area contributed by atoms with Crippen LogP contribution in [0.5, 0.6) is 11.5 Å². The van der Waals surface area contributed by atoms with Crippen molar-refractivity contribution in [3.05, 3.63) is 23.3 Å². The summed E-state index contributed by atoms with van der Waals surface area (Å²) < 4.78 is 5.04. The van der Waals surface area contributed by atoms with Crippen molar-refractivity contribution >= 4 is 0 Å². The minimum absolute atomic E-state index is 0.0264. The maximum absolute atomic E-state index is 9.95. The molecule has 15 heavy (non-hydrogen) atoms. The fourth-order valence-corrected chi connectivity index (χ4v) is 2.01. The molecular formula is C11H15NO3. The lowest BCUT2D eigenvalue weighted by molar-refractivity contribution is 0.157. The third kappa shape index (κ3) is 1.56. The van der Waals surface area contributed by atoms with Crippen molar-refractivity contribution in [2.75, 3.05) is 13.7 Å². The van der Waals surface area contributed by atoms with Crippen LogP contribution in [-0.4, -0.2) is 23.9 Å². The highest BCUT2D eigenvalue weighted by Crippen LogP contribution is 2.40. The quantitative estimate of drug-likeness (QED) is 0.648. The Labute approximate surface area is 88.5 Å². The Morgan fingerprint density at radius 2 is 2.20 bits per heavy atom.